The molecule has 2 amide bonds. The van der Waals surface area contributed by atoms with Crippen molar-refractivity contribution in [3.63, 3.8) is 0 Å². The summed E-state index contributed by atoms with van der Waals surface area (Å²) in [6, 6.07) is 8.89. The molecule has 0 aromatic heterocycles. The van der Waals surface area contributed by atoms with Crippen LogP contribution in [0.2, 0.25) is 0 Å². The average molecular weight is 320 g/mol. The van der Waals surface area contributed by atoms with Gasteiger partial charge >= 0.3 is 5.97 Å². The van der Waals surface area contributed by atoms with Crippen molar-refractivity contribution in [2.24, 2.45) is 0 Å². The van der Waals surface area contributed by atoms with Crippen LogP contribution in [0.1, 0.15) is 45.2 Å². The molecule has 0 saturated heterocycles. The Morgan fingerprint density at radius 1 is 1.13 bits per heavy atom. The molecule has 6 nitrogen and oxygen atoms in total. The number of hydrogen-bond acceptors (Lipinski definition) is 4. The number of carbonyl (C=O) groups excluding carboxylic acids is 3. The highest BCUT2D eigenvalue weighted by molar-refractivity contribution is 5.79. The van der Waals surface area contributed by atoms with Crippen molar-refractivity contribution in [2.45, 2.75) is 45.8 Å². The maximum absolute atomic E-state index is 12.0. The van der Waals surface area contributed by atoms with E-state index in [9.17, 15) is 14.4 Å². The molecule has 0 aliphatic carbocycles. The lowest BCUT2D eigenvalue weighted by Gasteiger charge is -2.18. The smallest absolute Gasteiger partial charge is 0.307 e. The summed E-state index contributed by atoms with van der Waals surface area (Å²) < 4.78 is 4.99. The topological polar surface area (TPSA) is 84.5 Å². The molecule has 1 atom stereocenters. The number of hydrogen-bond donors (Lipinski definition) is 2. The third kappa shape index (κ3) is 7.99. The Balaban J connectivity index is 2.48. The zero-order valence-corrected chi connectivity index (χ0v) is 13.8. The van der Waals surface area contributed by atoms with E-state index in [4.69, 9.17) is 4.74 Å². The zero-order valence-electron chi connectivity index (χ0n) is 13.8. The molecular formula is C17H24N2O4. The lowest BCUT2D eigenvalue weighted by atomic mass is 10.0. The van der Waals surface area contributed by atoms with Gasteiger partial charge in [0.25, 0.3) is 0 Å². The van der Waals surface area contributed by atoms with E-state index in [1.54, 1.807) is 13.8 Å². The van der Waals surface area contributed by atoms with Gasteiger partial charge in [-0.25, -0.2) is 0 Å². The van der Waals surface area contributed by atoms with Crippen LogP contribution < -0.4 is 10.6 Å². The molecule has 0 spiro atoms. The lowest BCUT2D eigenvalue weighted by Crippen LogP contribution is -2.33. The third-order valence-corrected chi connectivity index (χ3v) is 2.99. The maximum atomic E-state index is 12.0. The molecule has 126 valence electrons. The van der Waals surface area contributed by atoms with Crippen molar-refractivity contribution in [1.29, 1.82) is 0 Å². The van der Waals surface area contributed by atoms with Crippen molar-refractivity contribution in [3.8, 4) is 0 Å². The summed E-state index contributed by atoms with van der Waals surface area (Å²) in [5, 5.41) is 5.43. The second-order valence-electron chi connectivity index (χ2n) is 5.51. The maximum Gasteiger partial charge on any atom is 0.307 e. The molecule has 1 rings (SSSR count). The third-order valence-electron chi connectivity index (χ3n) is 2.99. The summed E-state index contributed by atoms with van der Waals surface area (Å²) in [6.07, 6.45) is 0.0727. The Morgan fingerprint density at radius 2 is 1.78 bits per heavy atom. The standard InChI is InChI=1S/C17H24N2O4/c1-12(2)23-17(22)9-10-18-16(21)11-15(19-13(3)20)14-7-5-4-6-8-14/h4-8,12,15H,9-11H2,1-3H3,(H,18,21)(H,19,20). The highest BCUT2D eigenvalue weighted by Gasteiger charge is 2.17. The van der Waals surface area contributed by atoms with Gasteiger partial charge in [-0.1, -0.05) is 30.3 Å². The van der Waals surface area contributed by atoms with Crippen LogP contribution in [0.15, 0.2) is 30.3 Å². The highest BCUT2D eigenvalue weighted by atomic mass is 16.5. The van der Waals surface area contributed by atoms with Crippen molar-refractivity contribution in [1.82, 2.24) is 10.6 Å². The minimum Gasteiger partial charge on any atom is -0.463 e. The van der Waals surface area contributed by atoms with E-state index < -0.39 is 6.04 Å². The van der Waals surface area contributed by atoms with Crippen LogP contribution >= 0.6 is 0 Å². The van der Waals surface area contributed by atoms with E-state index in [2.05, 4.69) is 10.6 Å². The molecule has 0 fully saturated rings. The number of rotatable bonds is 8. The van der Waals surface area contributed by atoms with Gasteiger partial charge in [0.2, 0.25) is 11.8 Å². The van der Waals surface area contributed by atoms with Crippen LogP contribution in [0.3, 0.4) is 0 Å². The predicted octanol–water partition coefficient (Wildman–Crippen LogP) is 1.71. The molecule has 1 aromatic rings. The Kier molecular flexibility index (Phi) is 7.80. The fraction of sp³-hybridized carbons (Fsp3) is 0.471. The number of ether oxygens (including phenoxy) is 1. The van der Waals surface area contributed by atoms with E-state index in [0.717, 1.165) is 5.56 Å². The quantitative estimate of drug-likeness (QED) is 0.714. The van der Waals surface area contributed by atoms with Crippen molar-refractivity contribution >= 4 is 17.8 Å². The van der Waals surface area contributed by atoms with E-state index in [-0.39, 0.29) is 43.3 Å². The van der Waals surface area contributed by atoms with Gasteiger partial charge in [0.05, 0.1) is 25.0 Å². The molecule has 1 aromatic carbocycles. The number of amides is 2. The Morgan fingerprint density at radius 3 is 2.35 bits per heavy atom. The Bertz CT molecular complexity index is 529. The summed E-state index contributed by atoms with van der Waals surface area (Å²) in [7, 11) is 0. The molecule has 0 bridgehead atoms. The van der Waals surface area contributed by atoms with E-state index in [1.807, 2.05) is 30.3 Å². The first kappa shape index (κ1) is 18.7. The zero-order chi connectivity index (χ0) is 17.2. The van der Waals surface area contributed by atoms with E-state index in [1.165, 1.54) is 6.92 Å². The van der Waals surface area contributed by atoms with E-state index in [0.29, 0.717) is 0 Å². The van der Waals surface area contributed by atoms with Gasteiger partial charge in [0, 0.05) is 13.5 Å². The molecule has 0 aliphatic rings. The van der Waals surface area contributed by atoms with E-state index >= 15 is 0 Å². The minimum absolute atomic E-state index is 0.114. The first-order chi connectivity index (χ1) is 10.9. The van der Waals surface area contributed by atoms with Gasteiger partial charge in [-0.15, -0.1) is 0 Å². The van der Waals surface area contributed by atoms with Gasteiger partial charge in [-0.2, -0.15) is 0 Å². The fourth-order valence-corrected chi connectivity index (χ4v) is 2.07. The average Bonchev–Trinajstić information content (AvgIpc) is 2.46. The van der Waals surface area contributed by atoms with Crippen LogP contribution in [0, 0.1) is 0 Å². The normalized spacial score (nSPS) is 11.7. The fourth-order valence-electron chi connectivity index (χ4n) is 2.07. The van der Waals surface area contributed by atoms with Gasteiger partial charge in [-0.3, -0.25) is 14.4 Å². The molecule has 23 heavy (non-hydrogen) atoms. The molecule has 0 heterocycles. The molecule has 0 saturated carbocycles. The molecule has 2 N–H and O–H groups in total. The summed E-state index contributed by atoms with van der Waals surface area (Å²) in [4.78, 5) is 34.7. The van der Waals surface area contributed by atoms with Gasteiger partial charge in [-0.05, 0) is 19.4 Å². The molecule has 1 unspecified atom stereocenters. The first-order valence-electron chi connectivity index (χ1n) is 7.66. The van der Waals surface area contributed by atoms with Gasteiger partial charge < -0.3 is 15.4 Å². The van der Waals surface area contributed by atoms with Crippen LogP contribution in [-0.2, 0) is 19.1 Å². The molecular weight excluding hydrogens is 296 g/mol. The van der Waals surface area contributed by atoms with Crippen molar-refractivity contribution < 1.29 is 19.1 Å². The summed E-state index contributed by atoms with van der Waals surface area (Å²) in [5.74, 6) is -0.779. The predicted molar refractivity (Wildman–Crippen MR) is 86.5 cm³/mol. The monoisotopic (exact) mass is 320 g/mol. The second kappa shape index (κ2) is 9.61. The highest BCUT2D eigenvalue weighted by Crippen LogP contribution is 2.16. The largest absolute Gasteiger partial charge is 0.463 e. The first-order valence-corrected chi connectivity index (χ1v) is 7.66. The Hall–Kier alpha value is -2.37. The van der Waals surface area contributed by atoms with Crippen LogP contribution in [0.4, 0.5) is 0 Å². The summed E-state index contributed by atoms with van der Waals surface area (Å²) in [6.45, 7) is 5.17. The molecule has 0 radical (unpaired) electrons. The van der Waals surface area contributed by atoms with Crippen molar-refractivity contribution in [2.75, 3.05) is 6.54 Å². The summed E-state index contributed by atoms with van der Waals surface area (Å²) >= 11 is 0. The van der Waals surface area contributed by atoms with Gasteiger partial charge in [0.1, 0.15) is 0 Å². The van der Waals surface area contributed by atoms with Crippen molar-refractivity contribution in [3.05, 3.63) is 35.9 Å². The second-order valence-corrected chi connectivity index (χ2v) is 5.51. The minimum atomic E-state index is -0.392. The van der Waals surface area contributed by atoms with Crippen LogP contribution in [0.25, 0.3) is 0 Å². The number of esters is 1. The SMILES string of the molecule is CC(=O)NC(CC(=O)NCCC(=O)OC(C)C)c1ccccc1. The van der Waals surface area contributed by atoms with Crippen LogP contribution in [0.5, 0.6) is 0 Å². The number of benzene rings is 1. The number of nitrogens with one attached hydrogen (secondary N) is 2. The molecule has 0 aliphatic heterocycles. The lowest BCUT2D eigenvalue weighted by molar-refractivity contribution is -0.147. The van der Waals surface area contributed by atoms with Crippen LogP contribution in [-0.4, -0.2) is 30.4 Å². The Labute approximate surface area is 136 Å². The van der Waals surface area contributed by atoms with Gasteiger partial charge in [0.15, 0.2) is 0 Å². The summed E-state index contributed by atoms with van der Waals surface area (Å²) in [5.41, 5.74) is 0.858. The molecule has 6 heteroatoms. The number of carbonyl (C=O) groups is 3.